The average molecular weight is 290 g/mol. The molecule has 1 N–H and O–H groups in total. The zero-order valence-corrected chi connectivity index (χ0v) is 11.8. The van der Waals surface area contributed by atoms with Crippen molar-refractivity contribution in [3.8, 4) is 11.1 Å². The van der Waals surface area contributed by atoms with E-state index in [0.717, 1.165) is 16.7 Å². The van der Waals surface area contributed by atoms with Crippen LogP contribution in [0.3, 0.4) is 0 Å². The van der Waals surface area contributed by atoms with E-state index in [-0.39, 0.29) is 11.7 Å². The van der Waals surface area contributed by atoms with Gasteiger partial charge >= 0.3 is 5.91 Å². The highest BCUT2D eigenvalue weighted by molar-refractivity contribution is 5.92. The molecule has 1 amide bonds. The number of carbonyl (C=O) groups is 1. The highest BCUT2D eigenvalue weighted by Gasteiger charge is 2.05. The highest BCUT2D eigenvalue weighted by atomic mass is 16.3. The summed E-state index contributed by atoms with van der Waals surface area (Å²) < 4.78 is 4.98. The minimum Gasteiger partial charge on any atom is -0.459 e. The fraction of sp³-hybridized carbons (Fsp3) is 0. The molecule has 0 aliphatic rings. The summed E-state index contributed by atoms with van der Waals surface area (Å²) in [5.74, 6) is -0.140. The van der Waals surface area contributed by atoms with E-state index in [9.17, 15) is 4.79 Å². The van der Waals surface area contributed by atoms with Crippen molar-refractivity contribution in [1.29, 1.82) is 0 Å². The smallest absolute Gasteiger partial charge is 0.307 e. The van der Waals surface area contributed by atoms with E-state index in [1.165, 1.54) is 6.26 Å². The monoisotopic (exact) mass is 290 g/mol. The number of hydrogen-bond acceptors (Lipinski definition) is 3. The van der Waals surface area contributed by atoms with Gasteiger partial charge in [0, 0.05) is 0 Å². The average Bonchev–Trinajstić information content (AvgIpc) is 3.11. The minimum absolute atomic E-state index is 0.233. The minimum atomic E-state index is -0.373. The van der Waals surface area contributed by atoms with Crippen LogP contribution >= 0.6 is 0 Å². The third-order valence-electron chi connectivity index (χ3n) is 3.14. The van der Waals surface area contributed by atoms with Gasteiger partial charge in [-0.2, -0.15) is 5.10 Å². The topological polar surface area (TPSA) is 54.6 Å². The lowest BCUT2D eigenvalue weighted by Crippen LogP contribution is -2.16. The molecule has 0 fully saturated rings. The molecular formula is C18H14N2O2. The lowest BCUT2D eigenvalue weighted by Gasteiger charge is -2.01. The van der Waals surface area contributed by atoms with Gasteiger partial charge in [-0.3, -0.25) is 4.79 Å². The van der Waals surface area contributed by atoms with Crippen molar-refractivity contribution in [3.63, 3.8) is 0 Å². The van der Waals surface area contributed by atoms with E-state index in [0.29, 0.717) is 0 Å². The van der Waals surface area contributed by atoms with Gasteiger partial charge in [-0.05, 0) is 28.8 Å². The molecule has 0 aliphatic carbocycles. The second-order valence-electron chi connectivity index (χ2n) is 4.66. The van der Waals surface area contributed by atoms with E-state index in [1.807, 2.05) is 42.5 Å². The summed E-state index contributed by atoms with van der Waals surface area (Å²) in [6, 6.07) is 21.3. The molecule has 0 aliphatic heterocycles. The van der Waals surface area contributed by atoms with E-state index in [4.69, 9.17) is 4.42 Å². The van der Waals surface area contributed by atoms with Crippen LogP contribution in [0.5, 0.6) is 0 Å². The Morgan fingerprint density at radius 3 is 2.32 bits per heavy atom. The third-order valence-corrected chi connectivity index (χ3v) is 3.14. The molecule has 2 aromatic carbocycles. The summed E-state index contributed by atoms with van der Waals surface area (Å²) >= 11 is 0. The van der Waals surface area contributed by atoms with Gasteiger partial charge < -0.3 is 4.42 Å². The molecule has 3 aromatic rings. The van der Waals surface area contributed by atoms with Gasteiger partial charge in [0.1, 0.15) is 0 Å². The summed E-state index contributed by atoms with van der Waals surface area (Å²) in [5.41, 5.74) is 5.62. The Hall–Kier alpha value is -3.14. The molecule has 0 unspecified atom stereocenters. The van der Waals surface area contributed by atoms with Crippen molar-refractivity contribution < 1.29 is 9.21 Å². The lowest BCUT2D eigenvalue weighted by molar-refractivity contribution is 0.0927. The SMILES string of the molecule is O=C(NN=Cc1ccc(-c2ccccc2)cc1)c1ccco1. The fourth-order valence-corrected chi connectivity index (χ4v) is 2.02. The Morgan fingerprint density at radius 2 is 1.64 bits per heavy atom. The number of nitrogens with zero attached hydrogens (tertiary/aromatic N) is 1. The molecule has 0 spiro atoms. The van der Waals surface area contributed by atoms with Crippen molar-refractivity contribution in [2.24, 2.45) is 5.10 Å². The van der Waals surface area contributed by atoms with Crippen LogP contribution in [0.4, 0.5) is 0 Å². The third kappa shape index (κ3) is 3.30. The zero-order valence-electron chi connectivity index (χ0n) is 11.8. The summed E-state index contributed by atoms with van der Waals surface area (Å²) in [4.78, 5) is 11.6. The molecule has 0 saturated heterocycles. The van der Waals surface area contributed by atoms with Crippen LogP contribution in [0.2, 0.25) is 0 Å². The maximum Gasteiger partial charge on any atom is 0.307 e. The highest BCUT2D eigenvalue weighted by Crippen LogP contribution is 2.18. The van der Waals surface area contributed by atoms with E-state index < -0.39 is 0 Å². The molecule has 22 heavy (non-hydrogen) atoms. The molecule has 4 nitrogen and oxygen atoms in total. The lowest BCUT2D eigenvalue weighted by atomic mass is 10.0. The van der Waals surface area contributed by atoms with Gasteiger partial charge in [0.15, 0.2) is 5.76 Å². The standard InChI is InChI=1S/C18H14N2O2/c21-18(17-7-4-12-22-17)20-19-13-14-8-10-16(11-9-14)15-5-2-1-3-6-15/h1-13H,(H,20,21). The number of rotatable bonds is 4. The van der Waals surface area contributed by atoms with Gasteiger partial charge in [0.2, 0.25) is 0 Å². The quantitative estimate of drug-likeness (QED) is 0.588. The second-order valence-corrected chi connectivity index (χ2v) is 4.66. The van der Waals surface area contributed by atoms with Crippen molar-refractivity contribution >= 4 is 12.1 Å². The normalized spacial score (nSPS) is 10.7. The Kier molecular flexibility index (Phi) is 4.11. The van der Waals surface area contributed by atoms with E-state index in [2.05, 4.69) is 22.7 Å². The first-order valence-corrected chi connectivity index (χ1v) is 6.85. The van der Waals surface area contributed by atoms with Gasteiger partial charge in [-0.25, -0.2) is 5.43 Å². The molecule has 3 rings (SSSR count). The van der Waals surface area contributed by atoms with Crippen LogP contribution in [-0.2, 0) is 0 Å². The molecule has 1 heterocycles. The summed E-state index contributed by atoms with van der Waals surface area (Å²) in [7, 11) is 0. The van der Waals surface area contributed by atoms with E-state index >= 15 is 0 Å². The maximum atomic E-state index is 11.6. The van der Waals surface area contributed by atoms with Crippen LogP contribution in [-0.4, -0.2) is 12.1 Å². The number of amides is 1. The summed E-state index contributed by atoms with van der Waals surface area (Å²) in [5, 5.41) is 3.92. The zero-order chi connectivity index (χ0) is 15.2. The number of nitrogens with one attached hydrogen (secondary N) is 1. The Bertz CT molecular complexity index is 761. The van der Waals surface area contributed by atoms with Crippen LogP contribution in [0.15, 0.2) is 82.5 Å². The molecule has 4 heteroatoms. The predicted octanol–water partition coefficient (Wildman–Crippen LogP) is 3.71. The molecular weight excluding hydrogens is 276 g/mol. The van der Waals surface area contributed by atoms with Crippen molar-refractivity contribution in [2.45, 2.75) is 0 Å². The van der Waals surface area contributed by atoms with Crippen molar-refractivity contribution in [1.82, 2.24) is 5.43 Å². The molecule has 0 atom stereocenters. The van der Waals surface area contributed by atoms with Crippen molar-refractivity contribution in [3.05, 3.63) is 84.3 Å². The number of hydrogen-bond donors (Lipinski definition) is 1. The summed E-state index contributed by atoms with van der Waals surface area (Å²) in [6.45, 7) is 0. The Morgan fingerprint density at radius 1 is 0.909 bits per heavy atom. The number of furan rings is 1. The first-order chi connectivity index (χ1) is 10.8. The summed E-state index contributed by atoms with van der Waals surface area (Å²) in [6.07, 6.45) is 3.04. The molecule has 1 aromatic heterocycles. The van der Waals surface area contributed by atoms with Gasteiger partial charge in [0.25, 0.3) is 0 Å². The van der Waals surface area contributed by atoms with Crippen molar-refractivity contribution in [2.75, 3.05) is 0 Å². The van der Waals surface area contributed by atoms with E-state index in [1.54, 1.807) is 18.3 Å². The fourth-order valence-electron chi connectivity index (χ4n) is 2.02. The Balaban J connectivity index is 1.64. The van der Waals surface area contributed by atoms with Gasteiger partial charge in [-0.1, -0.05) is 54.6 Å². The van der Waals surface area contributed by atoms with Crippen LogP contribution in [0, 0.1) is 0 Å². The largest absolute Gasteiger partial charge is 0.459 e. The number of hydrazone groups is 1. The molecule has 0 bridgehead atoms. The maximum absolute atomic E-state index is 11.6. The molecule has 108 valence electrons. The number of carbonyl (C=O) groups excluding carboxylic acids is 1. The first-order valence-electron chi connectivity index (χ1n) is 6.85. The predicted molar refractivity (Wildman–Crippen MR) is 85.6 cm³/mol. The van der Waals surface area contributed by atoms with Crippen LogP contribution in [0.25, 0.3) is 11.1 Å². The molecule has 0 saturated carbocycles. The Labute approximate surface area is 128 Å². The second kappa shape index (κ2) is 6.54. The molecule has 0 radical (unpaired) electrons. The van der Waals surface area contributed by atoms with Gasteiger partial charge in [-0.15, -0.1) is 0 Å². The first kappa shape index (κ1) is 13.8. The number of benzene rings is 2. The van der Waals surface area contributed by atoms with Crippen LogP contribution < -0.4 is 5.43 Å². The van der Waals surface area contributed by atoms with Crippen LogP contribution in [0.1, 0.15) is 16.1 Å². The van der Waals surface area contributed by atoms with Gasteiger partial charge in [0.05, 0.1) is 12.5 Å².